The van der Waals surface area contributed by atoms with Crippen molar-refractivity contribution >= 4 is 11.7 Å². The van der Waals surface area contributed by atoms with Gasteiger partial charge in [0.05, 0.1) is 5.56 Å². The van der Waals surface area contributed by atoms with E-state index in [0.29, 0.717) is 16.0 Å². The van der Waals surface area contributed by atoms with Crippen LogP contribution in [0, 0.1) is 12.1 Å². The molecule has 0 saturated carbocycles. The number of nitrogen functional groups attached to an aromatic ring is 1. The number of nitrogens with two attached hydrogens (primary N) is 1. The number of rotatable bonds is 1. The van der Waals surface area contributed by atoms with Crippen LogP contribution in [0.2, 0.25) is 0 Å². The SMILES string of the molecule is Cc1c(N)cc[n+]([O-])c1C(=O)OC(C)(C)C. The molecule has 5 heteroatoms. The van der Waals surface area contributed by atoms with Gasteiger partial charge in [0.25, 0.3) is 0 Å². The predicted molar refractivity (Wildman–Crippen MR) is 59.7 cm³/mol. The van der Waals surface area contributed by atoms with Crippen molar-refractivity contribution in [2.75, 3.05) is 5.73 Å². The number of hydrogen-bond donors (Lipinski definition) is 1. The zero-order valence-electron chi connectivity index (χ0n) is 9.90. The molecule has 0 amide bonds. The molecule has 0 aliphatic carbocycles. The highest BCUT2D eigenvalue weighted by Crippen LogP contribution is 2.16. The van der Waals surface area contributed by atoms with Gasteiger partial charge in [-0.1, -0.05) is 0 Å². The van der Waals surface area contributed by atoms with E-state index in [-0.39, 0.29) is 5.69 Å². The monoisotopic (exact) mass is 224 g/mol. The lowest BCUT2D eigenvalue weighted by molar-refractivity contribution is -0.608. The quantitative estimate of drug-likeness (QED) is 0.441. The van der Waals surface area contributed by atoms with Crippen molar-refractivity contribution in [3.05, 3.63) is 28.7 Å². The summed E-state index contributed by atoms with van der Waals surface area (Å²) in [6, 6.07) is 1.45. The van der Waals surface area contributed by atoms with Gasteiger partial charge < -0.3 is 15.7 Å². The Kier molecular flexibility index (Phi) is 3.07. The molecule has 0 aromatic carbocycles. The van der Waals surface area contributed by atoms with E-state index in [1.165, 1.54) is 12.3 Å². The number of carbonyl (C=O) groups excluding carboxylic acids is 1. The van der Waals surface area contributed by atoms with E-state index >= 15 is 0 Å². The first-order chi connectivity index (χ1) is 7.22. The molecule has 2 N–H and O–H groups in total. The van der Waals surface area contributed by atoms with Gasteiger partial charge in [-0.15, -0.1) is 0 Å². The van der Waals surface area contributed by atoms with Crippen molar-refractivity contribution in [2.24, 2.45) is 0 Å². The van der Waals surface area contributed by atoms with Gasteiger partial charge in [-0.2, -0.15) is 4.73 Å². The molecule has 0 fully saturated rings. The van der Waals surface area contributed by atoms with E-state index in [1.54, 1.807) is 27.7 Å². The third-order valence-corrected chi connectivity index (χ3v) is 1.99. The first kappa shape index (κ1) is 12.3. The third kappa shape index (κ3) is 2.62. The first-order valence-corrected chi connectivity index (χ1v) is 4.94. The molecular formula is C11H16N2O3. The lowest BCUT2D eigenvalue weighted by atomic mass is 10.1. The molecule has 0 aliphatic rings. The second-order valence-electron chi connectivity index (χ2n) is 4.57. The largest absolute Gasteiger partial charge is 0.618 e. The molecule has 0 unspecified atom stereocenters. The van der Waals surface area contributed by atoms with Gasteiger partial charge >= 0.3 is 11.7 Å². The maximum Gasteiger partial charge on any atom is 0.405 e. The molecule has 16 heavy (non-hydrogen) atoms. The Morgan fingerprint density at radius 3 is 2.56 bits per heavy atom. The maximum absolute atomic E-state index is 11.8. The predicted octanol–water partition coefficient (Wildman–Crippen LogP) is 1.17. The van der Waals surface area contributed by atoms with Crippen molar-refractivity contribution in [3.63, 3.8) is 0 Å². The van der Waals surface area contributed by atoms with Crippen LogP contribution in [0.1, 0.15) is 36.8 Å². The number of pyridine rings is 1. The molecule has 1 aromatic rings. The highest BCUT2D eigenvalue weighted by Gasteiger charge is 2.27. The number of ether oxygens (including phenoxy) is 1. The Labute approximate surface area is 94.4 Å². The normalized spacial score (nSPS) is 11.2. The topological polar surface area (TPSA) is 79.3 Å². The minimum absolute atomic E-state index is 0.0603. The smallest absolute Gasteiger partial charge is 0.405 e. The van der Waals surface area contributed by atoms with E-state index in [9.17, 15) is 10.0 Å². The summed E-state index contributed by atoms with van der Waals surface area (Å²) in [5.41, 5.74) is 5.77. The number of anilines is 1. The second kappa shape index (κ2) is 4.00. The third-order valence-electron chi connectivity index (χ3n) is 1.99. The lowest BCUT2D eigenvalue weighted by Crippen LogP contribution is -2.38. The van der Waals surface area contributed by atoms with Gasteiger partial charge in [0.2, 0.25) is 0 Å². The molecule has 0 aliphatic heterocycles. The van der Waals surface area contributed by atoms with Crippen LogP contribution in [0.15, 0.2) is 12.3 Å². The number of esters is 1. The fourth-order valence-electron chi connectivity index (χ4n) is 1.22. The maximum atomic E-state index is 11.8. The molecule has 0 radical (unpaired) electrons. The summed E-state index contributed by atoms with van der Waals surface area (Å²) in [4.78, 5) is 11.8. The zero-order valence-corrected chi connectivity index (χ0v) is 9.90. The summed E-state index contributed by atoms with van der Waals surface area (Å²) in [5.74, 6) is -0.660. The average molecular weight is 224 g/mol. The molecule has 0 atom stereocenters. The summed E-state index contributed by atoms with van der Waals surface area (Å²) in [6.07, 6.45) is 1.20. The highest BCUT2D eigenvalue weighted by atomic mass is 16.6. The van der Waals surface area contributed by atoms with Crippen LogP contribution in [-0.4, -0.2) is 11.6 Å². The Hall–Kier alpha value is -1.78. The molecule has 5 nitrogen and oxygen atoms in total. The van der Waals surface area contributed by atoms with E-state index in [1.807, 2.05) is 0 Å². The summed E-state index contributed by atoms with van der Waals surface area (Å²) < 4.78 is 5.60. The fraction of sp³-hybridized carbons (Fsp3) is 0.455. The van der Waals surface area contributed by atoms with Crippen LogP contribution in [0.5, 0.6) is 0 Å². The van der Waals surface area contributed by atoms with Crippen molar-refractivity contribution in [1.82, 2.24) is 0 Å². The second-order valence-corrected chi connectivity index (χ2v) is 4.57. The Balaban J connectivity index is 3.14. The van der Waals surface area contributed by atoms with Gasteiger partial charge in [0, 0.05) is 11.8 Å². The van der Waals surface area contributed by atoms with Crippen LogP contribution in [0.4, 0.5) is 5.69 Å². The number of aromatic nitrogens is 1. The van der Waals surface area contributed by atoms with Crippen LogP contribution in [0.25, 0.3) is 0 Å². The van der Waals surface area contributed by atoms with Gasteiger partial charge in [-0.3, -0.25) is 0 Å². The standard InChI is InChI=1S/C11H16N2O3/c1-7-8(12)5-6-13(15)9(7)10(14)16-11(2,3)4/h5-6H,12H2,1-4H3. The van der Waals surface area contributed by atoms with Crippen LogP contribution in [-0.2, 0) is 4.74 Å². The van der Waals surface area contributed by atoms with Crippen LogP contribution >= 0.6 is 0 Å². The van der Waals surface area contributed by atoms with Gasteiger partial charge in [0.15, 0.2) is 6.20 Å². The van der Waals surface area contributed by atoms with E-state index < -0.39 is 11.6 Å². The van der Waals surface area contributed by atoms with E-state index in [0.717, 1.165) is 0 Å². The lowest BCUT2D eigenvalue weighted by Gasteiger charge is -2.19. The van der Waals surface area contributed by atoms with Gasteiger partial charge in [0.1, 0.15) is 5.60 Å². The Morgan fingerprint density at radius 2 is 2.06 bits per heavy atom. The molecule has 0 spiro atoms. The fourth-order valence-corrected chi connectivity index (χ4v) is 1.22. The van der Waals surface area contributed by atoms with Gasteiger partial charge in [-0.25, -0.2) is 4.79 Å². The molecular weight excluding hydrogens is 208 g/mol. The molecule has 1 heterocycles. The summed E-state index contributed by atoms with van der Waals surface area (Å²) in [7, 11) is 0. The Morgan fingerprint density at radius 1 is 1.50 bits per heavy atom. The van der Waals surface area contributed by atoms with E-state index in [4.69, 9.17) is 10.5 Å². The summed E-state index contributed by atoms with van der Waals surface area (Å²) in [5, 5.41) is 11.5. The minimum atomic E-state index is -0.660. The van der Waals surface area contributed by atoms with Crippen molar-refractivity contribution in [3.8, 4) is 0 Å². The molecule has 0 bridgehead atoms. The first-order valence-electron chi connectivity index (χ1n) is 4.94. The minimum Gasteiger partial charge on any atom is -0.618 e. The van der Waals surface area contributed by atoms with Crippen molar-refractivity contribution < 1.29 is 14.3 Å². The number of hydrogen-bond acceptors (Lipinski definition) is 4. The zero-order chi connectivity index (χ0) is 12.5. The van der Waals surface area contributed by atoms with Crippen molar-refractivity contribution in [2.45, 2.75) is 33.3 Å². The van der Waals surface area contributed by atoms with E-state index in [2.05, 4.69) is 0 Å². The number of carbonyl (C=O) groups is 1. The van der Waals surface area contributed by atoms with Crippen LogP contribution in [0.3, 0.4) is 0 Å². The highest BCUT2D eigenvalue weighted by molar-refractivity contribution is 5.89. The molecule has 1 rings (SSSR count). The van der Waals surface area contributed by atoms with Crippen molar-refractivity contribution in [1.29, 1.82) is 0 Å². The summed E-state index contributed by atoms with van der Waals surface area (Å²) >= 11 is 0. The Bertz CT molecular complexity index is 422. The molecule has 88 valence electrons. The number of nitrogens with zero attached hydrogens (tertiary/aromatic N) is 1. The summed E-state index contributed by atoms with van der Waals surface area (Å²) in [6.45, 7) is 6.83. The van der Waals surface area contributed by atoms with Crippen LogP contribution < -0.4 is 10.5 Å². The average Bonchev–Trinajstić information content (AvgIpc) is 2.09. The molecule has 1 aromatic heterocycles. The molecule has 0 saturated heterocycles. The van der Waals surface area contributed by atoms with Gasteiger partial charge in [-0.05, 0) is 27.7 Å².